The van der Waals surface area contributed by atoms with Gasteiger partial charge in [-0.05, 0) is 18.7 Å². The predicted octanol–water partition coefficient (Wildman–Crippen LogP) is 2.06. The van der Waals surface area contributed by atoms with Crippen LogP contribution in [0, 0.1) is 0 Å². The third-order valence-corrected chi connectivity index (χ3v) is 4.94. The highest BCUT2D eigenvalue weighted by atomic mass is 15.3. The van der Waals surface area contributed by atoms with E-state index in [1.165, 1.54) is 5.56 Å². The van der Waals surface area contributed by atoms with Gasteiger partial charge in [0.15, 0.2) is 5.82 Å². The van der Waals surface area contributed by atoms with Crippen LogP contribution >= 0.6 is 0 Å². The molecule has 1 aliphatic heterocycles. The number of hydrogen-bond acceptors (Lipinski definition) is 6. The van der Waals surface area contributed by atoms with Gasteiger partial charge in [0.1, 0.15) is 5.82 Å². The molecule has 0 amide bonds. The zero-order chi connectivity index (χ0) is 18.5. The van der Waals surface area contributed by atoms with Crippen molar-refractivity contribution in [1.29, 1.82) is 0 Å². The van der Waals surface area contributed by atoms with Gasteiger partial charge in [-0.2, -0.15) is 5.10 Å². The molecule has 2 aromatic heterocycles. The fourth-order valence-electron chi connectivity index (χ4n) is 3.50. The lowest BCUT2D eigenvalue weighted by Gasteiger charge is -2.40. The third-order valence-electron chi connectivity index (χ3n) is 4.94. The summed E-state index contributed by atoms with van der Waals surface area (Å²) in [7, 11) is 2.20. The Kier molecular flexibility index (Phi) is 5.41. The third kappa shape index (κ3) is 4.32. The molecule has 1 saturated heterocycles. The van der Waals surface area contributed by atoms with Crippen LogP contribution in [0.5, 0.6) is 0 Å². The molecule has 1 atom stereocenters. The lowest BCUT2D eigenvalue weighted by Crippen LogP contribution is -2.48. The van der Waals surface area contributed by atoms with Gasteiger partial charge < -0.3 is 10.2 Å². The molecule has 27 heavy (non-hydrogen) atoms. The van der Waals surface area contributed by atoms with Crippen LogP contribution in [0.4, 0.5) is 5.82 Å². The van der Waals surface area contributed by atoms with Crippen LogP contribution in [-0.4, -0.2) is 69.3 Å². The predicted molar refractivity (Wildman–Crippen MR) is 106 cm³/mol. The first-order valence-electron chi connectivity index (χ1n) is 9.33. The molecule has 4 rings (SSSR count). The Morgan fingerprint density at radius 2 is 2.00 bits per heavy atom. The molecule has 7 heteroatoms. The monoisotopic (exact) mass is 363 g/mol. The number of piperazine rings is 1. The van der Waals surface area contributed by atoms with Gasteiger partial charge in [-0.25, -0.2) is 9.67 Å². The summed E-state index contributed by atoms with van der Waals surface area (Å²) in [6, 6.07) is 13.1. The highest BCUT2D eigenvalue weighted by Gasteiger charge is 2.25. The Balaban J connectivity index is 1.38. The summed E-state index contributed by atoms with van der Waals surface area (Å²) >= 11 is 0. The number of nitrogens with one attached hydrogen (secondary N) is 1. The number of likely N-dealkylation sites (N-methyl/N-ethyl adjacent to an activating group) is 1. The zero-order valence-electron chi connectivity index (χ0n) is 15.6. The molecule has 0 aliphatic carbocycles. The van der Waals surface area contributed by atoms with Gasteiger partial charge in [0, 0.05) is 51.2 Å². The fraction of sp³-hybridized carbons (Fsp3) is 0.350. The molecule has 1 unspecified atom stereocenters. The van der Waals surface area contributed by atoms with E-state index in [4.69, 9.17) is 0 Å². The Bertz CT molecular complexity index is 835. The van der Waals surface area contributed by atoms with E-state index >= 15 is 0 Å². The number of nitrogens with zero attached hydrogens (tertiary/aromatic N) is 6. The molecular weight excluding hydrogens is 338 g/mol. The number of anilines is 1. The molecule has 0 radical (unpaired) electrons. The minimum absolute atomic E-state index is 0.424. The van der Waals surface area contributed by atoms with E-state index in [1.54, 1.807) is 23.3 Å². The average molecular weight is 363 g/mol. The highest BCUT2D eigenvalue weighted by Crippen LogP contribution is 2.24. The van der Waals surface area contributed by atoms with Crippen molar-refractivity contribution in [1.82, 2.24) is 29.5 Å². The van der Waals surface area contributed by atoms with Gasteiger partial charge in [0.2, 0.25) is 0 Å². The van der Waals surface area contributed by atoms with Gasteiger partial charge in [-0.15, -0.1) is 0 Å². The first kappa shape index (κ1) is 17.6. The van der Waals surface area contributed by atoms with Gasteiger partial charge in [0.25, 0.3) is 0 Å². The summed E-state index contributed by atoms with van der Waals surface area (Å²) in [5.41, 5.74) is 1.38. The van der Waals surface area contributed by atoms with Crippen molar-refractivity contribution in [3.05, 3.63) is 66.7 Å². The van der Waals surface area contributed by atoms with Crippen molar-refractivity contribution >= 4 is 5.82 Å². The number of hydrogen-bond donors (Lipinski definition) is 1. The van der Waals surface area contributed by atoms with Crippen molar-refractivity contribution in [2.45, 2.75) is 6.04 Å². The largest absolute Gasteiger partial charge is 0.367 e. The van der Waals surface area contributed by atoms with Crippen molar-refractivity contribution in [3.63, 3.8) is 0 Å². The lowest BCUT2D eigenvalue weighted by atomic mass is 10.0. The summed E-state index contributed by atoms with van der Waals surface area (Å²) in [5, 5.41) is 7.61. The van der Waals surface area contributed by atoms with Crippen molar-refractivity contribution in [2.24, 2.45) is 0 Å². The van der Waals surface area contributed by atoms with Gasteiger partial charge in [-0.1, -0.05) is 30.3 Å². The molecule has 1 fully saturated rings. The van der Waals surface area contributed by atoms with Gasteiger partial charge in [0.05, 0.1) is 12.4 Å². The number of benzene rings is 1. The Morgan fingerprint density at radius 1 is 1.11 bits per heavy atom. The zero-order valence-corrected chi connectivity index (χ0v) is 15.6. The van der Waals surface area contributed by atoms with Crippen LogP contribution in [0.1, 0.15) is 11.6 Å². The molecular formula is C20H25N7. The minimum atomic E-state index is 0.424. The second kappa shape index (κ2) is 8.28. The maximum atomic E-state index is 4.59. The Labute approximate surface area is 159 Å². The summed E-state index contributed by atoms with van der Waals surface area (Å²) in [5.74, 6) is 1.49. The molecule has 1 N–H and O–H groups in total. The molecule has 0 spiro atoms. The maximum Gasteiger partial charge on any atom is 0.173 e. The Hall–Kier alpha value is -2.77. The summed E-state index contributed by atoms with van der Waals surface area (Å²) in [4.78, 5) is 13.8. The van der Waals surface area contributed by atoms with Crippen LogP contribution in [0.15, 0.2) is 61.2 Å². The summed E-state index contributed by atoms with van der Waals surface area (Å²) < 4.78 is 1.71. The molecule has 1 aliphatic rings. The van der Waals surface area contributed by atoms with E-state index < -0.39 is 0 Å². The second-order valence-electron chi connectivity index (χ2n) is 6.86. The molecule has 0 bridgehead atoms. The first-order chi connectivity index (χ1) is 13.3. The van der Waals surface area contributed by atoms with Crippen molar-refractivity contribution in [3.8, 4) is 5.82 Å². The van der Waals surface area contributed by atoms with Crippen LogP contribution in [-0.2, 0) is 0 Å². The fourth-order valence-corrected chi connectivity index (χ4v) is 3.50. The standard InChI is InChI=1S/C20H25N7/c1-25-12-13-26(18(16-25)17-6-3-2-4-7-17)11-9-22-19-14-21-15-20(24-19)27-10-5-8-23-27/h2-8,10,14-15,18H,9,11-13,16H2,1H3,(H,22,24). The smallest absolute Gasteiger partial charge is 0.173 e. The molecule has 3 aromatic rings. The van der Waals surface area contributed by atoms with Gasteiger partial charge >= 0.3 is 0 Å². The van der Waals surface area contributed by atoms with Crippen LogP contribution in [0.3, 0.4) is 0 Å². The normalized spacial score (nSPS) is 18.5. The van der Waals surface area contributed by atoms with Crippen molar-refractivity contribution < 1.29 is 0 Å². The van der Waals surface area contributed by atoms with E-state index in [9.17, 15) is 0 Å². The van der Waals surface area contributed by atoms with E-state index in [2.05, 4.69) is 67.6 Å². The molecule has 7 nitrogen and oxygen atoms in total. The van der Waals surface area contributed by atoms with Crippen molar-refractivity contribution in [2.75, 3.05) is 45.1 Å². The van der Waals surface area contributed by atoms with E-state index in [1.807, 2.05) is 12.3 Å². The quantitative estimate of drug-likeness (QED) is 0.723. The molecule has 1 aromatic carbocycles. The summed E-state index contributed by atoms with van der Waals surface area (Å²) in [6.07, 6.45) is 7.07. The van der Waals surface area contributed by atoms with Crippen LogP contribution < -0.4 is 5.32 Å². The van der Waals surface area contributed by atoms with E-state index in [-0.39, 0.29) is 0 Å². The molecule has 3 heterocycles. The molecule has 0 saturated carbocycles. The van der Waals surface area contributed by atoms with Gasteiger partial charge in [-0.3, -0.25) is 9.88 Å². The average Bonchev–Trinajstić information content (AvgIpc) is 3.25. The SMILES string of the molecule is CN1CCN(CCNc2cncc(-n3cccn3)n2)C(c2ccccc2)C1. The molecule has 140 valence electrons. The van der Waals surface area contributed by atoms with E-state index in [0.717, 1.165) is 38.5 Å². The Morgan fingerprint density at radius 3 is 2.81 bits per heavy atom. The van der Waals surface area contributed by atoms with Crippen LogP contribution in [0.25, 0.3) is 5.82 Å². The maximum absolute atomic E-state index is 4.59. The number of aromatic nitrogens is 4. The lowest BCUT2D eigenvalue weighted by molar-refractivity contribution is 0.0938. The van der Waals surface area contributed by atoms with E-state index in [0.29, 0.717) is 11.9 Å². The van der Waals surface area contributed by atoms with Crippen LogP contribution in [0.2, 0.25) is 0 Å². The number of rotatable bonds is 6. The summed E-state index contributed by atoms with van der Waals surface area (Å²) in [6.45, 7) is 5.00. The minimum Gasteiger partial charge on any atom is -0.367 e. The topological polar surface area (TPSA) is 62.1 Å². The second-order valence-corrected chi connectivity index (χ2v) is 6.86. The first-order valence-corrected chi connectivity index (χ1v) is 9.33. The highest BCUT2D eigenvalue weighted by molar-refractivity contribution is 5.35.